The first kappa shape index (κ1) is 18.8. The van der Waals surface area contributed by atoms with E-state index in [4.69, 9.17) is 9.72 Å². The van der Waals surface area contributed by atoms with Gasteiger partial charge in [0.1, 0.15) is 5.82 Å². The number of anilines is 2. The fraction of sp³-hybridized carbons (Fsp3) is 0.667. The van der Waals surface area contributed by atoms with Crippen molar-refractivity contribution in [1.82, 2.24) is 25.1 Å². The fourth-order valence-electron chi connectivity index (χ4n) is 4.86. The summed E-state index contributed by atoms with van der Waals surface area (Å²) in [5.41, 5.74) is 4.09. The van der Waals surface area contributed by atoms with Crippen molar-refractivity contribution in [3.63, 3.8) is 0 Å². The number of hydrogen-bond acceptors (Lipinski definition) is 7. The lowest BCUT2D eigenvalue weighted by Crippen LogP contribution is -2.47. The number of aromatic amines is 1. The number of aryl methyl sites for hydroxylation is 1. The molecule has 2 fully saturated rings. The molecule has 8 nitrogen and oxygen atoms in total. The minimum absolute atomic E-state index is 0.427. The van der Waals surface area contributed by atoms with Crippen molar-refractivity contribution in [2.75, 3.05) is 56.2 Å². The van der Waals surface area contributed by atoms with Crippen LogP contribution in [-0.4, -0.2) is 77.5 Å². The number of likely N-dealkylation sites (tertiary alicyclic amines) is 1. The molecular weight excluding hydrogens is 366 g/mol. The Bertz CT molecular complexity index is 832. The van der Waals surface area contributed by atoms with Crippen molar-refractivity contribution in [3.05, 3.63) is 29.2 Å². The Kier molecular flexibility index (Phi) is 5.37. The maximum Gasteiger partial charge on any atom is 0.227 e. The predicted octanol–water partition coefficient (Wildman–Crippen LogP) is 1.63. The summed E-state index contributed by atoms with van der Waals surface area (Å²) in [6, 6.07) is 2.43. The highest BCUT2D eigenvalue weighted by molar-refractivity contribution is 5.44. The first-order chi connectivity index (χ1) is 14.3. The van der Waals surface area contributed by atoms with Crippen LogP contribution in [0, 0.1) is 0 Å². The van der Waals surface area contributed by atoms with Gasteiger partial charge in [-0.1, -0.05) is 0 Å². The summed E-state index contributed by atoms with van der Waals surface area (Å²) in [6.07, 6.45) is 7.86. The third-order valence-electron chi connectivity index (χ3n) is 6.57. The molecule has 1 atom stereocenters. The van der Waals surface area contributed by atoms with E-state index in [1.165, 1.54) is 42.6 Å². The van der Waals surface area contributed by atoms with Gasteiger partial charge in [-0.15, -0.1) is 0 Å². The highest BCUT2D eigenvalue weighted by Crippen LogP contribution is 2.26. The number of rotatable bonds is 5. The van der Waals surface area contributed by atoms with Gasteiger partial charge in [-0.2, -0.15) is 10.1 Å². The molecule has 3 aliphatic rings. The zero-order valence-corrected chi connectivity index (χ0v) is 17.3. The summed E-state index contributed by atoms with van der Waals surface area (Å²) >= 11 is 0. The number of aromatic nitrogens is 4. The van der Waals surface area contributed by atoms with E-state index < -0.39 is 0 Å². The van der Waals surface area contributed by atoms with Gasteiger partial charge < -0.3 is 14.5 Å². The Hall–Kier alpha value is -2.19. The Labute approximate surface area is 172 Å². The smallest absolute Gasteiger partial charge is 0.227 e. The Morgan fingerprint density at radius 1 is 1.21 bits per heavy atom. The van der Waals surface area contributed by atoms with Crippen LogP contribution in [0.3, 0.4) is 0 Å². The van der Waals surface area contributed by atoms with Gasteiger partial charge in [-0.25, -0.2) is 4.98 Å². The van der Waals surface area contributed by atoms with Crippen molar-refractivity contribution < 1.29 is 4.74 Å². The standard InChI is InChI=1S/C21H31N7O/c1-26(21-22-8-7-20(23-21)28-10-12-29-13-11-28)16-4-3-9-27(14-16)15-19-17-5-2-6-18(17)24-25-19/h7-8,16H,2-6,9-15H2,1H3,(H,24,25). The Morgan fingerprint density at radius 3 is 3.00 bits per heavy atom. The first-order valence-electron chi connectivity index (χ1n) is 10.9. The molecule has 0 saturated carbocycles. The lowest BCUT2D eigenvalue weighted by Gasteiger charge is -2.37. The summed E-state index contributed by atoms with van der Waals surface area (Å²) in [5.74, 6) is 1.83. The van der Waals surface area contributed by atoms with Crippen LogP contribution in [0.25, 0.3) is 0 Å². The molecule has 29 heavy (non-hydrogen) atoms. The molecule has 0 radical (unpaired) electrons. The van der Waals surface area contributed by atoms with Gasteiger partial charge in [0.05, 0.1) is 18.9 Å². The minimum atomic E-state index is 0.427. The molecule has 2 aromatic rings. The van der Waals surface area contributed by atoms with Crippen LogP contribution >= 0.6 is 0 Å². The largest absolute Gasteiger partial charge is 0.378 e. The summed E-state index contributed by atoms with van der Waals surface area (Å²) < 4.78 is 5.47. The fourth-order valence-corrected chi connectivity index (χ4v) is 4.86. The molecule has 5 rings (SSSR count). The van der Waals surface area contributed by atoms with Crippen LogP contribution in [-0.2, 0) is 24.1 Å². The van der Waals surface area contributed by atoms with E-state index >= 15 is 0 Å². The quantitative estimate of drug-likeness (QED) is 0.822. The van der Waals surface area contributed by atoms with Crippen molar-refractivity contribution in [2.45, 2.75) is 44.7 Å². The van der Waals surface area contributed by atoms with Gasteiger partial charge in [0.15, 0.2) is 0 Å². The van der Waals surface area contributed by atoms with E-state index in [0.29, 0.717) is 6.04 Å². The second kappa shape index (κ2) is 8.28. The topological polar surface area (TPSA) is 73.4 Å². The van der Waals surface area contributed by atoms with Gasteiger partial charge >= 0.3 is 0 Å². The number of ether oxygens (including phenoxy) is 1. The van der Waals surface area contributed by atoms with Crippen LogP contribution < -0.4 is 9.80 Å². The molecule has 1 aliphatic carbocycles. The van der Waals surface area contributed by atoms with Gasteiger partial charge in [0.2, 0.25) is 5.95 Å². The average Bonchev–Trinajstić information content (AvgIpc) is 3.39. The second-order valence-electron chi connectivity index (χ2n) is 8.44. The van der Waals surface area contributed by atoms with E-state index in [1.807, 2.05) is 12.3 Å². The van der Waals surface area contributed by atoms with Gasteiger partial charge in [-0.05, 0) is 50.3 Å². The van der Waals surface area contributed by atoms with Crippen LogP contribution in [0.1, 0.15) is 36.2 Å². The number of hydrogen-bond donors (Lipinski definition) is 1. The van der Waals surface area contributed by atoms with Crippen LogP contribution in [0.15, 0.2) is 12.3 Å². The molecule has 2 saturated heterocycles. The van der Waals surface area contributed by atoms with Crippen LogP contribution in [0.4, 0.5) is 11.8 Å². The molecule has 1 unspecified atom stereocenters. The molecule has 0 amide bonds. The molecular formula is C21H31N7O. The van der Waals surface area contributed by atoms with Crippen LogP contribution in [0.2, 0.25) is 0 Å². The van der Waals surface area contributed by atoms with Crippen molar-refractivity contribution >= 4 is 11.8 Å². The summed E-state index contributed by atoms with van der Waals surface area (Å²) in [7, 11) is 2.14. The number of nitrogens with zero attached hydrogens (tertiary/aromatic N) is 6. The summed E-state index contributed by atoms with van der Waals surface area (Å²) in [6.45, 7) is 6.44. The number of fused-ring (bicyclic) bond motifs is 1. The second-order valence-corrected chi connectivity index (χ2v) is 8.44. The average molecular weight is 398 g/mol. The maximum absolute atomic E-state index is 5.47. The van der Waals surface area contributed by atoms with Gasteiger partial charge in [0, 0.05) is 51.2 Å². The zero-order chi connectivity index (χ0) is 19.6. The van der Waals surface area contributed by atoms with Gasteiger partial charge in [-0.3, -0.25) is 10.00 Å². The minimum Gasteiger partial charge on any atom is -0.378 e. The third-order valence-corrected chi connectivity index (χ3v) is 6.57. The van der Waals surface area contributed by atoms with Crippen molar-refractivity contribution in [2.24, 2.45) is 0 Å². The lowest BCUT2D eigenvalue weighted by atomic mass is 10.0. The number of H-pyrrole nitrogens is 1. The van der Waals surface area contributed by atoms with Crippen LogP contribution in [0.5, 0.6) is 0 Å². The van der Waals surface area contributed by atoms with Crippen molar-refractivity contribution in [1.29, 1.82) is 0 Å². The summed E-state index contributed by atoms with van der Waals surface area (Å²) in [4.78, 5) is 16.5. The molecule has 8 heteroatoms. The predicted molar refractivity (Wildman–Crippen MR) is 112 cm³/mol. The maximum atomic E-state index is 5.47. The highest BCUT2D eigenvalue weighted by Gasteiger charge is 2.27. The molecule has 0 aromatic carbocycles. The zero-order valence-electron chi connectivity index (χ0n) is 17.3. The Morgan fingerprint density at radius 2 is 2.10 bits per heavy atom. The third kappa shape index (κ3) is 3.96. The van der Waals surface area contributed by atoms with E-state index in [2.05, 4.69) is 36.9 Å². The molecule has 0 spiro atoms. The number of piperidine rings is 1. The SMILES string of the molecule is CN(c1nccc(N2CCOCC2)n1)C1CCCN(Cc2n[nH]c3c2CCC3)C1. The molecule has 2 aromatic heterocycles. The van der Waals surface area contributed by atoms with E-state index in [-0.39, 0.29) is 0 Å². The summed E-state index contributed by atoms with van der Waals surface area (Å²) in [5, 5.41) is 7.85. The highest BCUT2D eigenvalue weighted by atomic mass is 16.5. The molecule has 0 bridgehead atoms. The molecule has 4 heterocycles. The molecule has 2 aliphatic heterocycles. The van der Waals surface area contributed by atoms with E-state index in [0.717, 1.165) is 64.1 Å². The number of nitrogens with one attached hydrogen (secondary N) is 1. The lowest BCUT2D eigenvalue weighted by molar-refractivity contribution is 0.122. The molecule has 1 N–H and O–H groups in total. The van der Waals surface area contributed by atoms with Gasteiger partial charge in [0.25, 0.3) is 0 Å². The number of likely N-dealkylation sites (N-methyl/N-ethyl adjacent to an activating group) is 1. The first-order valence-corrected chi connectivity index (χ1v) is 10.9. The van der Waals surface area contributed by atoms with Crippen molar-refractivity contribution in [3.8, 4) is 0 Å². The van der Waals surface area contributed by atoms with E-state index in [1.54, 1.807) is 0 Å². The van der Waals surface area contributed by atoms with E-state index in [9.17, 15) is 0 Å². The Balaban J connectivity index is 1.25. The normalized spacial score (nSPS) is 22.7. The monoisotopic (exact) mass is 397 g/mol. The molecule has 156 valence electrons. The number of morpholine rings is 1.